The van der Waals surface area contributed by atoms with Crippen LogP contribution in [0.3, 0.4) is 0 Å². The minimum Gasteiger partial charge on any atom is -0.483 e. The summed E-state index contributed by atoms with van der Waals surface area (Å²) < 4.78 is 5.62. The van der Waals surface area contributed by atoms with Gasteiger partial charge < -0.3 is 15.4 Å². The molecule has 5 rings (SSSR count). The van der Waals surface area contributed by atoms with E-state index in [9.17, 15) is 9.59 Å². The van der Waals surface area contributed by atoms with Crippen LogP contribution < -0.4 is 15.4 Å². The van der Waals surface area contributed by atoms with Gasteiger partial charge in [-0.25, -0.2) is 0 Å². The molecule has 4 fully saturated rings. The summed E-state index contributed by atoms with van der Waals surface area (Å²) in [5.41, 5.74) is 2.08. The number of hydrogen-bond acceptors (Lipinski definition) is 3. The van der Waals surface area contributed by atoms with E-state index < -0.39 is 0 Å². The van der Waals surface area contributed by atoms with E-state index in [-0.39, 0.29) is 23.8 Å². The lowest BCUT2D eigenvalue weighted by Gasteiger charge is -2.55. The van der Waals surface area contributed by atoms with Crippen LogP contribution in [0.2, 0.25) is 0 Å². The van der Waals surface area contributed by atoms with Crippen LogP contribution >= 0.6 is 0 Å². The maximum Gasteiger partial charge on any atom is 0.258 e. The van der Waals surface area contributed by atoms with Gasteiger partial charge in [-0.1, -0.05) is 12.1 Å². The summed E-state index contributed by atoms with van der Waals surface area (Å²) in [6.07, 6.45) is 7.22. The Morgan fingerprint density at radius 3 is 2.25 bits per heavy atom. The molecule has 152 valence electrons. The van der Waals surface area contributed by atoms with Crippen molar-refractivity contribution in [3.8, 4) is 5.75 Å². The Morgan fingerprint density at radius 2 is 1.61 bits per heavy atom. The van der Waals surface area contributed by atoms with Gasteiger partial charge >= 0.3 is 0 Å². The van der Waals surface area contributed by atoms with Gasteiger partial charge in [-0.2, -0.15) is 0 Å². The largest absolute Gasteiger partial charge is 0.483 e. The average molecular weight is 385 g/mol. The average Bonchev–Trinajstić information content (AvgIpc) is 2.65. The molecule has 2 N–H and O–H groups in total. The zero-order chi connectivity index (χ0) is 19.7. The number of amides is 2. The lowest BCUT2D eigenvalue weighted by atomic mass is 9.49. The van der Waals surface area contributed by atoms with Crippen molar-refractivity contribution in [3.05, 3.63) is 29.3 Å². The smallest absolute Gasteiger partial charge is 0.258 e. The van der Waals surface area contributed by atoms with Gasteiger partial charge in [0.1, 0.15) is 5.75 Å². The molecule has 4 saturated carbocycles. The third-order valence-electron chi connectivity index (χ3n) is 7.17. The first-order chi connectivity index (χ1) is 13.4. The second-order valence-electron chi connectivity index (χ2n) is 9.29. The summed E-state index contributed by atoms with van der Waals surface area (Å²) in [6, 6.07) is 5.83. The van der Waals surface area contributed by atoms with Crippen LogP contribution in [0.5, 0.6) is 5.75 Å². The molecule has 0 atom stereocenters. The molecule has 5 nitrogen and oxygen atoms in total. The number of carbonyl (C=O) groups is 2. The van der Waals surface area contributed by atoms with Gasteiger partial charge in [0.25, 0.3) is 5.91 Å². The summed E-state index contributed by atoms with van der Waals surface area (Å²) in [5.74, 6) is 3.08. The Morgan fingerprint density at radius 1 is 1.00 bits per heavy atom. The van der Waals surface area contributed by atoms with Gasteiger partial charge in [0.05, 0.1) is 0 Å². The lowest BCUT2D eigenvalue weighted by molar-refractivity contribution is -0.146. The molecular weight excluding hydrogens is 352 g/mol. The Kier molecular flexibility index (Phi) is 5.35. The summed E-state index contributed by atoms with van der Waals surface area (Å²) >= 11 is 0. The molecule has 0 unspecified atom stereocenters. The number of rotatable bonds is 7. The first-order valence-corrected chi connectivity index (χ1v) is 10.7. The molecular formula is C23H32N2O3. The van der Waals surface area contributed by atoms with Gasteiger partial charge in [-0.15, -0.1) is 0 Å². The van der Waals surface area contributed by atoms with Crippen molar-refractivity contribution in [2.75, 3.05) is 19.7 Å². The molecule has 0 aromatic heterocycles. The molecule has 4 aliphatic carbocycles. The van der Waals surface area contributed by atoms with Crippen molar-refractivity contribution in [2.45, 2.75) is 52.4 Å². The van der Waals surface area contributed by atoms with Gasteiger partial charge in [-0.05, 0) is 87.3 Å². The number of hydrogen-bond donors (Lipinski definition) is 2. The standard InChI is InChI=1S/C23H32N2O3/c1-15-4-3-5-20(16(15)2)28-14-21(26)24-6-7-25-22(27)23-11-17-8-18(12-23)10-19(9-17)13-23/h3-5,17-19H,6-14H2,1-2H3,(H,24,26)(H,25,27). The van der Waals surface area contributed by atoms with Crippen LogP contribution in [0.1, 0.15) is 49.7 Å². The third-order valence-corrected chi connectivity index (χ3v) is 7.17. The minimum absolute atomic E-state index is 0.00673. The molecule has 0 radical (unpaired) electrons. The first-order valence-electron chi connectivity index (χ1n) is 10.7. The second kappa shape index (κ2) is 7.76. The monoisotopic (exact) mass is 384 g/mol. The van der Waals surface area contributed by atoms with E-state index in [1.54, 1.807) is 0 Å². The van der Waals surface area contributed by atoms with Crippen LogP contribution in [0.25, 0.3) is 0 Å². The lowest BCUT2D eigenvalue weighted by Crippen LogP contribution is -2.54. The second-order valence-corrected chi connectivity index (χ2v) is 9.29. The van der Waals surface area contributed by atoms with E-state index in [0.717, 1.165) is 53.9 Å². The van der Waals surface area contributed by atoms with Crippen LogP contribution in [-0.4, -0.2) is 31.5 Å². The zero-order valence-corrected chi connectivity index (χ0v) is 17.1. The molecule has 0 heterocycles. The molecule has 2 amide bonds. The predicted octanol–water partition coefficient (Wildman–Crippen LogP) is 3.13. The van der Waals surface area contributed by atoms with E-state index in [1.165, 1.54) is 19.3 Å². The first kappa shape index (κ1) is 19.3. The molecule has 1 aromatic rings. The fourth-order valence-corrected chi connectivity index (χ4v) is 6.03. The quantitative estimate of drug-likeness (QED) is 0.710. The molecule has 28 heavy (non-hydrogen) atoms. The minimum atomic E-state index is -0.162. The number of benzene rings is 1. The summed E-state index contributed by atoms with van der Waals surface area (Å²) in [6.45, 7) is 4.92. The Labute approximate surface area is 167 Å². The Balaban J connectivity index is 1.18. The zero-order valence-electron chi connectivity index (χ0n) is 17.1. The summed E-state index contributed by atoms with van der Waals surface area (Å²) in [4.78, 5) is 24.9. The number of aryl methyl sites for hydroxylation is 1. The fourth-order valence-electron chi connectivity index (χ4n) is 6.03. The van der Waals surface area contributed by atoms with Gasteiger partial charge in [0.15, 0.2) is 6.61 Å². The van der Waals surface area contributed by atoms with Crippen LogP contribution in [-0.2, 0) is 9.59 Å². The summed E-state index contributed by atoms with van der Waals surface area (Å²) in [7, 11) is 0. The third kappa shape index (κ3) is 3.89. The van der Waals surface area contributed by atoms with Crippen molar-refractivity contribution in [1.29, 1.82) is 0 Å². The highest BCUT2D eigenvalue weighted by Gasteiger charge is 2.54. The molecule has 0 saturated heterocycles. The van der Waals surface area contributed by atoms with Crippen molar-refractivity contribution in [2.24, 2.45) is 23.2 Å². The van der Waals surface area contributed by atoms with E-state index >= 15 is 0 Å². The van der Waals surface area contributed by atoms with Gasteiger partial charge in [0.2, 0.25) is 5.91 Å². The maximum absolute atomic E-state index is 12.9. The highest BCUT2D eigenvalue weighted by molar-refractivity contribution is 5.83. The molecule has 4 aliphatic rings. The molecule has 0 aliphatic heterocycles. The number of nitrogens with one attached hydrogen (secondary N) is 2. The SMILES string of the molecule is Cc1cccc(OCC(=O)NCCNC(=O)C23CC4CC(CC(C4)C2)C3)c1C. The Hall–Kier alpha value is -2.04. The maximum atomic E-state index is 12.9. The van der Waals surface area contributed by atoms with Crippen molar-refractivity contribution in [1.82, 2.24) is 10.6 Å². The van der Waals surface area contributed by atoms with Crippen LogP contribution in [0.4, 0.5) is 0 Å². The van der Waals surface area contributed by atoms with Gasteiger partial charge in [-0.3, -0.25) is 9.59 Å². The Bertz CT molecular complexity index is 723. The fraction of sp³-hybridized carbons (Fsp3) is 0.652. The molecule has 5 heteroatoms. The van der Waals surface area contributed by atoms with Crippen LogP contribution in [0, 0.1) is 37.0 Å². The summed E-state index contributed by atoms with van der Waals surface area (Å²) in [5, 5.41) is 5.93. The molecule has 0 spiro atoms. The van der Waals surface area contributed by atoms with Crippen molar-refractivity contribution >= 4 is 11.8 Å². The van der Waals surface area contributed by atoms with Crippen molar-refractivity contribution < 1.29 is 14.3 Å². The van der Waals surface area contributed by atoms with Crippen LogP contribution in [0.15, 0.2) is 18.2 Å². The van der Waals surface area contributed by atoms with E-state index in [0.29, 0.717) is 13.1 Å². The van der Waals surface area contributed by atoms with E-state index in [2.05, 4.69) is 10.6 Å². The van der Waals surface area contributed by atoms with Crippen molar-refractivity contribution in [3.63, 3.8) is 0 Å². The predicted molar refractivity (Wildman–Crippen MR) is 108 cm³/mol. The van der Waals surface area contributed by atoms with E-state index in [1.807, 2.05) is 32.0 Å². The highest BCUT2D eigenvalue weighted by atomic mass is 16.5. The van der Waals surface area contributed by atoms with Gasteiger partial charge in [0, 0.05) is 18.5 Å². The van der Waals surface area contributed by atoms with E-state index in [4.69, 9.17) is 4.74 Å². The number of carbonyl (C=O) groups excluding carboxylic acids is 2. The number of ether oxygens (including phenoxy) is 1. The molecule has 4 bridgehead atoms. The highest BCUT2D eigenvalue weighted by Crippen LogP contribution is 2.60. The molecule has 1 aromatic carbocycles. The normalized spacial score (nSPS) is 30.1. The topological polar surface area (TPSA) is 67.4 Å².